The van der Waals surface area contributed by atoms with Gasteiger partial charge in [-0.05, 0) is 17.7 Å². The number of aryl methyl sites for hydroxylation is 1. The van der Waals surface area contributed by atoms with Gasteiger partial charge in [0.2, 0.25) is 0 Å². The summed E-state index contributed by atoms with van der Waals surface area (Å²) in [7, 11) is 3.58. The van der Waals surface area contributed by atoms with E-state index in [-0.39, 0.29) is 11.7 Å². The van der Waals surface area contributed by atoms with Crippen molar-refractivity contribution < 1.29 is 23.4 Å². The van der Waals surface area contributed by atoms with Crippen molar-refractivity contribution in [2.24, 2.45) is 7.05 Å². The highest BCUT2D eigenvalue weighted by atomic mass is 19.3. The number of halogens is 2. The summed E-state index contributed by atoms with van der Waals surface area (Å²) < 4.78 is 32.7. The number of aromatic nitrogens is 3. The summed E-state index contributed by atoms with van der Waals surface area (Å²) in [4.78, 5) is 22.5. The van der Waals surface area contributed by atoms with E-state index in [9.17, 15) is 13.6 Å². The zero-order valence-corrected chi connectivity index (χ0v) is 15.8. The van der Waals surface area contributed by atoms with Crippen LogP contribution in [-0.2, 0) is 7.05 Å². The van der Waals surface area contributed by atoms with Gasteiger partial charge in [-0.25, -0.2) is 14.8 Å². The number of hydrogen-bond acceptors (Lipinski definition) is 5. The molecule has 3 heterocycles. The third kappa shape index (κ3) is 3.53. The highest BCUT2D eigenvalue weighted by Crippen LogP contribution is 2.38. The predicted octanol–water partition coefficient (Wildman–Crippen LogP) is 3.41. The molecule has 1 N–H and O–H groups in total. The Morgan fingerprint density at radius 1 is 1.31 bits per heavy atom. The monoisotopic (exact) mass is 403 g/mol. The number of anilines is 2. The van der Waals surface area contributed by atoms with Gasteiger partial charge in [0.05, 0.1) is 23.7 Å². The molecule has 8 nitrogen and oxygen atoms in total. The van der Waals surface area contributed by atoms with E-state index in [1.807, 2.05) is 17.7 Å². The highest BCUT2D eigenvalue weighted by molar-refractivity contribution is 5.79. The van der Waals surface area contributed by atoms with Crippen LogP contribution in [0.1, 0.15) is 11.5 Å². The van der Waals surface area contributed by atoms with Gasteiger partial charge in [0.15, 0.2) is 0 Å². The molecule has 152 valence electrons. The van der Waals surface area contributed by atoms with Crippen LogP contribution >= 0.6 is 0 Å². The lowest BCUT2D eigenvalue weighted by atomic mass is 9.91. The number of rotatable bonds is 5. The summed E-state index contributed by atoms with van der Waals surface area (Å²) in [5, 5.41) is 8.98. The van der Waals surface area contributed by atoms with Crippen LogP contribution in [0.15, 0.2) is 36.8 Å². The van der Waals surface area contributed by atoms with Crippen molar-refractivity contribution in [3.05, 3.63) is 42.4 Å². The maximum Gasteiger partial charge on any atom is 0.407 e. The number of carbonyl (C=O) groups is 1. The van der Waals surface area contributed by atoms with Gasteiger partial charge < -0.3 is 24.2 Å². The number of fused-ring (bicyclic) bond motifs is 1. The zero-order chi connectivity index (χ0) is 20.7. The Balaban J connectivity index is 1.65. The number of likely N-dealkylation sites (tertiary alicyclic amines) is 1. The molecule has 2 aromatic heterocycles. The molecule has 0 radical (unpaired) electrons. The van der Waals surface area contributed by atoms with E-state index >= 15 is 0 Å². The number of nitrogens with zero attached hydrogens (tertiary/aromatic N) is 5. The van der Waals surface area contributed by atoms with Crippen LogP contribution in [-0.4, -0.2) is 57.4 Å². The van der Waals surface area contributed by atoms with Crippen LogP contribution < -0.4 is 9.64 Å². The fraction of sp³-hybridized carbons (Fsp3) is 0.316. The molecule has 0 saturated carbocycles. The van der Waals surface area contributed by atoms with Crippen molar-refractivity contribution >= 4 is 28.6 Å². The maximum atomic E-state index is 13.0. The molecule has 1 aliphatic heterocycles. The van der Waals surface area contributed by atoms with E-state index in [1.165, 1.54) is 4.90 Å². The van der Waals surface area contributed by atoms with Crippen LogP contribution in [0.3, 0.4) is 0 Å². The number of benzene rings is 1. The van der Waals surface area contributed by atoms with Gasteiger partial charge in [-0.1, -0.05) is 6.07 Å². The van der Waals surface area contributed by atoms with Crippen LogP contribution in [0.25, 0.3) is 11.0 Å². The quantitative estimate of drug-likeness (QED) is 0.703. The van der Waals surface area contributed by atoms with E-state index < -0.39 is 12.7 Å². The van der Waals surface area contributed by atoms with E-state index in [2.05, 4.69) is 9.97 Å². The molecule has 0 bridgehead atoms. The van der Waals surface area contributed by atoms with Gasteiger partial charge in [-0.3, -0.25) is 0 Å². The van der Waals surface area contributed by atoms with Crippen molar-refractivity contribution in [1.82, 2.24) is 19.4 Å². The number of pyridine rings is 1. The van der Waals surface area contributed by atoms with Gasteiger partial charge in [0, 0.05) is 39.2 Å². The molecule has 3 aromatic rings. The fourth-order valence-electron chi connectivity index (χ4n) is 3.42. The lowest BCUT2D eigenvalue weighted by Crippen LogP contribution is -2.47. The third-order valence-electron chi connectivity index (χ3n) is 5.13. The molecule has 1 fully saturated rings. The molecule has 1 saturated heterocycles. The second-order valence-electron chi connectivity index (χ2n) is 6.94. The van der Waals surface area contributed by atoms with Crippen molar-refractivity contribution in [2.75, 3.05) is 25.0 Å². The number of hydrogen-bond donors (Lipinski definition) is 1. The molecule has 0 atom stereocenters. The van der Waals surface area contributed by atoms with Gasteiger partial charge >= 0.3 is 12.7 Å². The fourth-order valence-corrected chi connectivity index (χ4v) is 3.42. The molecule has 0 aliphatic carbocycles. The number of alkyl halides is 2. The number of amides is 1. The third-order valence-corrected chi connectivity index (χ3v) is 5.13. The van der Waals surface area contributed by atoms with E-state index in [0.29, 0.717) is 24.6 Å². The summed E-state index contributed by atoms with van der Waals surface area (Å²) in [6.45, 7) is -2.32. The largest absolute Gasteiger partial charge is 0.465 e. The normalized spacial score (nSPS) is 14.3. The lowest BCUT2D eigenvalue weighted by Gasteiger charge is -2.37. The number of ether oxygens (including phenoxy) is 1. The Labute approximate surface area is 164 Å². The Kier molecular flexibility index (Phi) is 4.69. The Hall–Kier alpha value is -3.43. The van der Waals surface area contributed by atoms with Gasteiger partial charge in [-0.2, -0.15) is 8.78 Å². The summed E-state index contributed by atoms with van der Waals surface area (Å²) in [6, 6.07) is 6.85. The van der Waals surface area contributed by atoms with Gasteiger partial charge in [-0.15, -0.1) is 0 Å². The van der Waals surface area contributed by atoms with E-state index in [4.69, 9.17) is 9.84 Å². The molecule has 1 amide bonds. The molecule has 1 aromatic carbocycles. The molecule has 0 unspecified atom stereocenters. The average molecular weight is 403 g/mol. The smallest absolute Gasteiger partial charge is 0.407 e. The molecule has 1 aliphatic rings. The molecule has 0 spiro atoms. The lowest BCUT2D eigenvalue weighted by molar-refractivity contribution is -0.0495. The Morgan fingerprint density at radius 3 is 2.76 bits per heavy atom. The first-order chi connectivity index (χ1) is 13.8. The first-order valence-corrected chi connectivity index (χ1v) is 8.91. The van der Waals surface area contributed by atoms with E-state index in [1.54, 1.807) is 42.7 Å². The van der Waals surface area contributed by atoms with Crippen molar-refractivity contribution in [3.8, 4) is 5.75 Å². The van der Waals surface area contributed by atoms with Crippen molar-refractivity contribution in [2.45, 2.75) is 12.5 Å². The summed E-state index contributed by atoms with van der Waals surface area (Å²) in [5.41, 5.74) is 2.78. The number of imidazole rings is 1. The standard InChI is InChI=1S/C19H19F2N5O3/c1-24-10-23-13-7-22-17(6-15(13)24)25(2)14-4-3-11(5-16(14)29-18(20)21)12-8-26(9-12)19(27)28/h3-7,10,12,18H,8-9H2,1-2H3,(H,27,28). The van der Waals surface area contributed by atoms with Crippen LogP contribution in [0.4, 0.5) is 25.1 Å². The molecule has 10 heteroatoms. The topological polar surface area (TPSA) is 83.7 Å². The first kappa shape index (κ1) is 18.9. The minimum Gasteiger partial charge on any atom is -0.465 e. The second-order valence-corrected chi connectivity index (χ2v) is 6.94. The SMILES string of the molecule is CN(c1cc2c(cn1)ncn2C)c1ccc(C2CN(C(=O)O)C2)cc1OC(F)F. The second kappa shape index (κ2) is 7.19. The number of carboxylic acid groups (broad SMARTS) is 1. The summed E-state index contributed by atoms with van der Waals surface area (Å²) in [6.07, 6.45) is 2.31. The maximum absolute atomic E-state index is 13.0. The van der Waals surface area contributed by atoms with E-state index in [0.717, 1.165) is 16.6 Å². The zero-order valence-electron chi connectivity index (χ0n) is 15.8. The summed E-state index contributed by atoms with van der Waals surface area (Å²) >= 11 is 0. The van der Waals surface area contributed by atoms with Crippen LogP contribution in [0.2, 0.25) is 0 Å². The molecule has 4 rings (SSSR count). The molecular formula is C19H19F2N5O3. The Bertz CT molecular complexity index is 1070. The summed E-state index contributed by atoms with van der Waals surface area (Å²) in [5.74, 6) is 0.517. The Morgan fingerprint density at radius 2 is 2.07 bits per heavy atom. The van der Waals surface area contributed by atoms with Crippen LogP contribution in [0, 0.1) is 0 Å². The van der Waals surface area contributed by atoms with Crippen molar-refractivity contribution in [3.63, 3.8) is 0 Å². The molecular weight excluding hydrogens is 384 g/mol. The average Bonchev–Trinajstić information content (AvgIpc) is 3.00. The van der Waals surface area contributed by atoms with Crippen LogP contribution in [0.5, 0.6) is 5.75 Å². The minimum atomic E-state index is -2.98. The first-order valence-electron chi connectivity index (χ1n) is 8.91. The predicted molar refractivity (Wildman–Crippen MR) is 102 cm³/mol. The highest BCUT2D eigenvalue weighted by Gasteiger charge is 2.32. The van der Waals surface area contributed by atoms with Gasteiger partial charge in [0.25, 0.3) is 0 Å². The van der Waals surface area contributed by atoms with Crippen molar-refractivity contribution in [1.29, 1.82) is 0 Å². The minimum absolute atomic E-state index is 0.0145. The van der Waals surface area contributed by atoms with Gasteiger partial charge in [0.1, 0.15) is 17.1 Å². The molecule has 29 heavy (non-hydrogen) atoms.